The summed E-state index contributed by atoms with van der Waals surface area (Å²) in [6.45, 7) is 11.4. The number of benzene rings is 1. The van der Waals surface area contributed by atoms with Crippen LogP contribution in [0.2, 0.25) is 0 Å². The molecule has 0 bridgehead atoms. The highest BCUT2D eigenvalue weighted by Crippen LogP contribution is 2.39. The highest BCUT2D eigenvalue weighted by Gasteiger charge is 2.37. The van der Waals surface area contributed by atoms with Crippen molar-refractivity contribution < 1.29 is 9.53 Å². The number of rotatable bonds is 5. The van der Waals surface area contributed by atoms with Crippen molar-refractivity contribution in [2.24, 2.45) is 4.99 Å². The maximum absolute atomic E-state index is 12.7. The van der Waals surface area contributed by atoms with Gasteiger partial charge in [-0.05, 0) is 51.1 Å². The zero-order valence-electron chi connectivity index (χ0n) is 14.8. The third-order valence-electron chi connectivity index (χ3n) is 4.38. The number of carbonyl (C=O) groups excluding carboxylic acids is 1. The summed E-state index contributed by atoms with van der Waals surface area (Å²) in [5.41, 5.74) is 3.34. The molecule has 1 heterocycles. The van der Waals surface area contributed by atoms with Gasteiger partial charge >= 0.3 is 5.97 Å². The Morgan fingerprint density at radius 2 is 2.17 bits per heavy atom. The Balaban J connectivity index is 2.56. The second-order valence-electron chi connectivity index (χ2n) is 6.87. The van der Waals surface area contributed by atoms with Crippen molar-refractivity contribution in [2.45, 2.75) is 58.5 Å². The van der Waals surface area contributed by atoms with E-state index in [1.165, 1.54) is 0 Å². The van der Waals surface area contributed by atoms with Crippen molar-refractivity contribution in [1.82, 2.24) is 0 Å². The summed E-state index contributed by atoms with van der Waals surface area (Å²) in [4.78, 5) is 16.8. The number of nitrogens with zero attached hydrogens (tertiary/aromatic N) is 2. The highest BCUT2D eigenvalue weighted by atomic mass is 16.6. The molecular weight excluding hydrogens is 300 g/mol. The molecule has 4 heteroatoms. The van der Waals surface area contributed by atoms with Crippen LogP contribution < -0.4 is 0 Å². The number of carbonyl (C=O) groups is 1. The lowest BCUT2D eigenvalue weighted by atomic mass is 9.82. The van der Waals surface area contributed by atoms with Gasteiger partial charge in [0.1, 0.15) is 5.60 Å². The molecule has 1 aliphatic heterocycles. The second-order valence-corrected chi connectivity index (χ2v) is 6.87. The third-order valence-corrected chi connectivity index (χ3v) is 4.38. The summed E-state index contributed by atoms with van der Waals surface area (Å²) < 4.78 is 5.61. The number of nitriles is 1. The predicted molar refractivity (Wildman–Crippen MR) is 94.9 cm³/mol. The average Bonchev–Trinajstić information content (AvgIpc) is 2.51. The van der Waals surface area contributed by atoms with Crippen LogP contribution in [-0.4, -0.2) is 18.3 Å². The first-order valence-corrected chi connectivity index (χ1v) is 8.26. The molecule has 0 saturated heterocycles. The normalized spacial score (nSPS) is 17.9. The smallest absolute Gasteiger partial charge is 0.337 e. The van der Waals surface area contributed by atoms with Crippen molar-refractivity contribution in [1.29, 1.82) is 5.26 Å². The molecule has 0 spiro atoms. The zero-order valence-corrected chi connectivity index (χ0v) is 14.8. The molecule has 1 aromatic carbocycles. The van der Waals surface area contributed by atoms with Crippen LogP contribution in [0.4, 0.5) is 0 Å². The summed E-state index contributed by atoms with van der Waals surface area (Å²) in [6.07, 6.45) is 2.30. The lowest BCUT2D eigenvalue weighted by molar-refractivity contribution is -0.154. The van der Waals surface area contributed by atoms with E-state index in [0.717, 1.165) is 29.7 Å². The van der Waals surface area contributed by atoms with E-state index in [9.17, 15) is 4.79 Å². The van der Waals surface area contributed by atoms with Gasteiger partial charge in [0, 0.05) is 12.3 Å². The number of hydrogen-bond acceptors (Lipinski definition) is 4. The summed E-state index contributed by atoms with van der Waals surface area (Å²) in [7, 11) is 0. The van der Waals surface area contributed by atoms with Gasteiger partial charge in [-0.2, -0.15) is 5.26 Å². The van der Waals surface area contributed by atoms with Crippen LogP contribution in [0.5, 0.6) is 0 Å². The average molecular weight is 324 g/mol. The van der Waals surface area contributed by atoms with Crippen molar-refractivity contribution in [3.8, 4) is 6.07 Å². The Bertz CT molecular complexity index is 738. The predicted octanol–water partition coefficient (Wildman–Crippen LogP) is 4.43. The van der Waals surface area contributed by atoms with Gasteiger partial charge in [-0.1, -0.05) is 25.5 Å². The second kappa shape index (κ2) is 7.00. The number of esters is 1. The maximum Gasteiger partial charge on any atom is 0.337 e. The summed E-state index contributed by atoms with van der Waals surface area (Å²) in [6, 6.07) is 7.90. The summed E-state index contributed by atoms with van der Waals surface area (Å²) in [5.74, 6) is -0.403. The minimum atomic E-state index is -0.561. The Morgan fingerprint density at radius 1 is 1.46 bits per heavy atom. The van der Waals surface area contributed by atoms with E-state index in [4.69, 9.17) is 10.00 Å². The fraction of sp³-hybridized carbons (Fsp3) is 0.450. The molecule has 1 unspecified atom stereocenters. The molecule has 1 atom stereocenters. The topological polar surface area (TPSA) is 62.5 Å². The van der Waals surface area contributed by atoms with E-state index in [2.05, 4.69) is 24.7 Å². The van der Waals surface area contributed by atoms with Gasteiger partial charge in [-0.3, -0.25) is 4.99 Å². The largest absolute Gasteiger partial charge is 0.456 e. The van der Waals surface area contributed by atoms with Crippen LogP contribution in [0.15, 0.2) is 34.5 Å². The number of aryl methyl sites for hydroxylation is 1. The Morgan fingerprint density at radius 3 is 2.71 bits per heavy atom. The molecule has 0 N–H and O–H groups in total. The molecule has 24 heavy (non-hydrogen) atoms. The fourth-order valence-corrected chi connectivity index (χ4v) is 3.24. The first-order valence-electron chi connectivity index (χ1n) is 8.26. The SMILES string of the molecule is C=NC1=C(C(CCC)c2ccc(C#N)c(C)c2)C(=O)OC(C)(C)C1. The van der Waals surface area contributed by atoms with Gasteiger partial charge in [-0.25, -0.2) is 4.79 Å². The van der Waals surface area contributed by atoms with E-state index < -0.39 is 5.60 Å². The first kappa shape index (κ1) is 17.9. The number of hydrogen-bond donors (Lipinski definition) is 0. The van der Waals surface area contributed by atoms with E-state index in [-0.39, 0.29) is 11.9 Å². The molecule has 126 valence electrons. The van der Waals surface area contributed by atoms with Gasteiger partial charge < -0.3 is 4.74 Å². The highest BCUT2D eigenvalue weighted by molar-refractivity contribution is 5.92. The number of cyclic esters (lactones) is 1. The van der Waals surface area contributed by atoms with Crippen LogP contribution in [0.3, 0.4) is 0 Å². The van der Waals surface area contributed by atoms with Crippen LogP contribution in [0, 0.1) is 18.3 Å². The zero-order chi connectivity index (χ0) is 17.9. The monoisotopic (exact) mass is 324 g/mol. The third kappa shape index (κ3) is 3.56. The van der Waals surface area contributed by atoms with Gasteiger partial charge in [-0.15, -0.1) is 0 Å². The maximum atomic E-state index is 12.7. The molecule has 1 aromatic rings. The van der Waals surface area contributed by atoms with Gasteiger partial charge in [0.25, 0.3) is 0 Å². The van der Waals surface area contributed by atoms with Gasteiger partial charge in [0.05, 0.1) is 22.9 Å². The molecule has 1 aliphatic rings. The quantitative estimate of drug-likeness (QED) is 0.594. The van der Waals surface area contributed by atoms with Crippen LogP contribution in [0.25, 0.3) is 0 Å². The summed E-state index contributed by atoms with van der Waals surface area (Å²) >= 11 is 0. The minimum absolute atomic E-state index is 0.0921. The fourth-order valence-electron chi connectivity index (χ4n) is 3.24. The van der Waals surface area contributed by atoms with Crippen LogP contribution >= 0.6 is 0 Å². The lowest BCUT2D eigenvalue weighted by Gasteiger charge is -2.34. The van der Waals surface area contributed by atoms with Crippen LogP contribution in [0.1, 0.15) is 62.6 Å². The first-order chi connectivity index (χ1) is 11.3. The van der Waals surface area contributed by atoms with Gasteiger partial charge in [0.2, 0.25) is 0 Å². The molecule has 0 aliphatic carbocycles. The summed E-state index contributed by atoms with van der Waals surface area (Å²) in [5, 5.41) is 9.12. The number of aliphatic imine (C=N–C) groups is 1. The van der Waals surface area contributed by atoms with E-state index in [1.807, 2.05) is 39.0 Å². The molecule has 0 saturated carbocycles. The van der Waals surface area contributed by atoms with Crippen molar-refractivity contribution in [2.75, 3.05) is 0 Å². The standard InChI is InChI=1S/C20H24N2O2/c1-6-7-16(14-8-9-15(12-21)13(2)10-14)18-17(22-5)11-20(3,4)24-19(18)23/h8-10,16H,5-7,11H2,1-4H3. The van der Waals surface area contributed by atoms with Crippen molar-refractivity contribution in [3.63, 3.8) is 0 Å². The van der Waals surface area contributed by atoms with Crippen LogP contribution in [-0.2, 0) is 9.53 Å². The molecule has 0 amide bonds. The van der Waals surface area contributed by atoms with Crippen molar-refractivity contribution >= 4 is 12.7 Å². The molecular formula is C20H24N2O2. The molecule has 2 rings (SSSR count). The lowest BCUT2D eigenvalue weighted by Crippen LogP contribution is -2.35. The van der Waals surface area contributed by atoms with E-state index in [0.29, 0.717) is 17.6 Å². The van der Waals surface area contributed by atoms with E-state index in [1.54, 1.807) is 0 Å². The van der Waals surface area contributed by atoms with Gasteiger partial charge in [0.15, 0.2) is 0 Å². The number of ether oxygens (including phenoxy) is 1. The molecule has 0 radical (unpaired) electrons. The Labute approximate surface area is 143 Å². The molecule has 4 nitrogen and oxygen atoms in total. The molecule has 0 aromatic heterocycles. The van der Waals surface area contributed by atoms with E-state index >= 15 is 0 Å². The van der Waals surface area contributed by atoms with Crippen molar-refractivity contribution in [3.05, 3.63) is 46.2 Å². The minimum Gasteiger partial charge on any atom is -0.456 e. The Kier molecular flexibility index (Phi) is 5.23. The Hall–Kier alpha value is -2.41. The molecule has 0 fully saturated rings.